The van der Waals surface area contributed by atoms with Gasteiger partial charge in [0.2, 0.25) is 0 Å². The van der Waals surface area contributed by atoms with Gasteiger partial charge in [0.05, 0.1) is 12.8 Å². The SMILES string of the molecule is COC(=O)/C=C/c1cccc(Br)n1. The van der Waals surface area contributed by atoms with Crippen LogP contribution in [0.3, 0.4) is 0 Å². The molecule has 3 nitrogen and oxygen atoms in total. The van der Waals surface area contributed by atoms with E-state index in [1.165, 1.54) is 13.2 Å². The molecule has 0 N–H and O–H groups in total. The lowest BCUT2D eigenvalue weighted by molar-refractivity contribution is -0.134. The van der Waals surface area contributed by atoms with Crippen molar-refractivity contribution in [2.24, 2.45) is 0 Å². The molecular formula is C9H8BrNO2. The van der Waals surface area contributed by atoms with Crippen LogP contribution < -0.4 is 0 Å². The molecule has 0 aromatic carbocycles. The molecule has 0 atom stereocenters. The highest BCUT2D eigenvalue weighted by Crippen LogP contribution is 2.07. The van der Waals surface area contributed by atoms with Crippen LogP contribution in [0, 0.1) is 0 Å². The summed E-state index contributed by atoms with van der Waals surface area (Å²) >= 11 is 3.23. The Balaban J connectivity index is 2.74. The third-order valence-electron chi connectivity index (χ3n) is 1.33. The zero-order valence-electron chi connectivity index (χ0n) is 7.03. The van der Waals surface area contributed by atoms with Gasteiger partial charge in [-0.1, -0.05) is 6.07 Å². The molecule has 0 fully saturated rings. The lowest BCUT2D eigenvalue weighted by Gasteiger charge is -1.93. The molecule has 13 heavy (non-hydrogen) atoms. The lowest BCUT2D eigenvalue weighted by Crippen LogP contribution is -1.93. The summed E-state index contributed by atoms with van der Waals surface area (Å²) in [4.78, 5) is 14.8. The first-order chi connectivity index (χ1) is 6.22. The highest BCUT2D eigenvalue weighted by molar-refractivity contribution is 9.10. The number of aromatic nitrogens is 1. The predicted octanol–water partition coefficient (Wildman–Crippen LogP) is 2.03. The Labute approximate surface area is 84.6 Å². The summed E-state index contributed by atoms with van der Waals surface area (Å²) in [5.74, 6) is -0.387. The molecule has 0 aliphatic heterocycles. The molecule has 1 heterocycles. The minimum Gasteiger partial charge on any atom is -0.466 e. The molecule has 0 bridgehead atoms. The Hall–Kier alpha value is -1.16. The zero-order valence-corrected chi connectivity index (χ0v) is 8.61. The van der Waals surface area contributed by atoms with Gasteiger partial charge in [-0.25, -0.2) is 9.78 Å². The minimum atomic E-state index is -0.387. The number of halogens is 1. The van der Waals surface area contributed by atoms with Crippen molar-refractivity contribution in [2.45, 2.75) is 0 Å². The first kappa shape index (κ1) is 9.92. The number of nitrogens with zero attached hydrogens (tertiary/aromatic N) is 1. The molecule has 1 rings (SSSR count). The summed E-state index contributed by atoms with van der Waals surface area (Å²) in [5, 5.41) is 0. The summed E-state index contributed by atoms with van der Waals surface area (Å²) in [6, 6.07) is 5.45. The Morgan fingerprint density at radius 3 is 3.00 bits per heavy atom. The second kappa shape index (κ2) is 4.77. The molecule has 68 valence electrons. The van der Waals surface area contributed by atoms with E-state index in [9.17, 15) is 4.79 Å². The maximum Gasteiger partial charge on any atom is 0.330 e. The number of carbonyl (C=O) groups excluding carboxylic acids is 1. The first-order valence-corrected chi connectivity index (χ1v) is 4.40. The summed E-state index contributed by atoms with van der Waals surface area (Å²) in [6.07, 6.45) is 2.92. The standard InChI is InChI=1S/C9H8BrNO2/c1-13-9(12)6-5-7-3-2-4-8(10)11-7/h2-6H,1H3/b6-5+. The van der Waals surface area contributed by atoms with Crippen LogP contribution in [0.25, 0.3) is 6.08 Å². The van der Waals surface area contributed by atoms with Gasteiger partial charge in [0.15, 0.2) is 0 Å². The van der Waals surface area contributed by atoms with Crippen LogP contribution in [-0.2, 0) is 9.53 Å². The van der Waals surface area contributed by atoms with Crippen LogP contribution >= 0.6 is 15.9 Å². The molecule has 0 aliphatic carbocycles. The van der Waals surface area contributed by atoms with Crippen LogP contribution in [0.4, 0.5) is 0 Å². The van der Waals surface area contributed by atoms with Crippen molar-refractivity contribution in [3.05, 3.63) is 34.6 Å². The molecule has 0 aliphatic rings. The summed E-state index contributed by atoms with van der Waals surface area (Å²) in [5.41, 5.74) is 0.708. The van der Waals surface area contributed by atoms with Crippen molar-refractivity contribution in [3.63, 3.8) is 0 Å². The molecule has 0 spiro atoms. The van der Waals surface area contributed by atoms with Crippen LogP contribution in [-0.4, -0.2) is 18.1 Å². The molecule has 4 heteroatoms. The van der Waals surface area contributed by atoms with Crippen LogP contribution in [0.2, 0.25) is 0 Å². The van der Waals surface area contributed by atoms with Gasteiger partial charge < -0.3 is 4.74 Å². The number of pyridine rings is 1. The maximum absolute atomic E-state index is 10.7. The van der Waals surface area contributed by atoms with E-state index in [2.05, 4.69) is 25.7 Å². The van der Waals surface area contributed by atoms with E-state index in [1.54, 1.807) is 12.1 Å². The van der Waals surface area contributed by atoms with Gasteiger partial charge in [-0.3, -0.25) is 0 Å². The third kappa shape index (κ3) is 3.38. The maximum atomic E-state index is 10.7. The van der Waals surface area contributed by atoms with E-state index in [1.807, 2.05) is 12.1 Å². The van der Waals surface area contributed by atoms with E-state index >= 15 is 0 Å². The topological polar surface area (TPSA) is 39.2 Å². The predicted molar refractivity (Wildman–Crippen MR) is 53.0 cm³/mol. The molecule has 0 saturated heterocycles. The van der Waals surface area contributed by atoms with Crippen LogP contribution in [0.1, 0.15) is 5.69 Å². The van der Waals surface area contributed by atoms with Gasteiger partial charge in [-0.2, -0.15) is 0 Å². The fourth-order valence-electron chi connectivity index (χ4n) is 0.738. The number of ether oxygens (including phenoxy) is 1. The Morgan fingerprint density at radius 2 is 2.38 bits per heavy atom. The fraction of sp³-hybridized carbons (Fsp3) is 0.111. The smallest absolute Gasteiger partial charge is 0.330 e. The summed E-state index contributed by atoms with van der Waals surface area (Å²) in [7, 11) is 1.33. The number of esters is 1. The second-order valence-corrected chi connectivity index (χ2v) is 3.05. The Bertz CT molecular complexity index is 336. The number of rotatable bonds is 2. The number of carbonyl (C=O) groups is 1. The number of methoxy groups -OCH3 is 1. The summed E-state index contributed by atoms with van der Waals surface area (Å²) < 4.78 is 5.17. The Kier molecular flexibility index (Phi) is 3.64. The van der Waals surface area contributed by atoms with Crippen molar-refractivity contribution in [3.8, 4) is 0 Å². The number of hydrogen-bond donors (Lipinski definition) is 0. The van der Waals surface area contributed by atoms with E-state index < -0.39 is 0 Å². The van der Waals surface area contributed by atoms with E-state index in [4.69, 9.17) is 0 Å². The van der Waals surface area contributed by atoms with Gasteiger partial charge in [0.25, 0.3) is 0 Å². The van der Waals surface area contributed by atoms with E-state index in [0.29, 0.717) is 5.69 Å². The molecular weight excluding hydrogens is 234 g/mol. The molecule has 1 aromatic heterocycles. The van der Waals surface area contributed by atoms with Gasteiger partial charge >= 0.3 is 5.97 Å². The highest BCUT2D eigenvalue weighted by Gasteiger charge is 1.93. The van der Waals surface area contributed by atoms with Crippen molar-refractivity contribution in [1.29, 1.82) is 0 Å². The Morgan fingerprint density at radius 1 is 1.62 bits per heavy atom. The molecule has 0 radical (unpaired) electrons. The van der Waals surface area contributed by atoms with Gasteiger partial charge in [-0.05, 0) is 34.1 Å². The monoisotopic (exact) mass is 241 g/mol. The largest absolute Gasteiger partial charge is 0.466 e. The normalized spacial score (nSPS) is 10.3. The molecule has 1 aromatic rings. The molecule has 0 saturated carbocycles. The quantitative estimate of drug-likeness (QED) is 0.452. The van der Waals surface area contributed by atoms with Crippen molar-refractivity contribution in [2.75, 3.05) is 7.11 Å². The van der Waals surface area contributed by atoms with Crippen molar-refractivity contribution in [1.82, 2.24) is 4.98 Å². The highest BCUT2D eigenvalue weighted by atomic mass is 79.9. The minimum absolute atomic E-state index is 0.387. The van der Waals surface area contributed by atoms with Crippen LogP contribution in [0.15, 0.2) is 28.9 Å². The average molecular weight is 242 g/mol. The van der Waals surface area contributed by atoms with Gasteiger partial charge in [0.1, 0.15) is 4.60 Å². The van der Waals surface area contributed by atoms with Gasteiger partial charge in [0, 0.05) is 6.08 Å². The zero-order chi connectivity index (χ0) is 9.68. The van der Waals surface area contributed by atoms with Crippen LogP contribution in [0.5, 0.6) is 0 Å². The molecule has 0 unspecified atom stereocenters. The molecule has 0 amide bonds. The van der Waals surface area contributed by atoms with E-state index in [0.717, 1.165) is 4.60 Å². The van der Waals surface area contributed by atoms with Gasteiger partial charge in [-0.15, -0.1) is 0 Å². The summed E-state index contributed by atoms with van der Waals surface area (Å²) in [6.45, 7) is 0. The second-order valence-electron chi connectivity index (χ2n) is 2.24. The van der Waals surface area contributed by atoms with E-state index in [-0.39, 0.29) is 5.97 Å². The lowest BCUT2D eigenvalue weighted by atomic mass is 10.3. The number of hydrogen-bond acceptors (Lipinski definition) is 3. The van der Waals surface area contributed by atoms with Crippen molar-refractivity contribution < 1.29 is 9.53 Å². The first-order valence-electron chi connectivity index (χ1n) is 3.61. The average Bonchev–Trinajstić information content (AvgIpc) is 2.14. The van der Waals surface area contributed by atoms with Crippen molar-refractivity contribution >= 4 is 28.0 Å². The third-order valence-corrected chi connectivity index (χ3v) is 1.77. The fourth-order valence-corrected chi connectivity index (χ4v) is 1.10.